The number of fused-ring (bicyclic) bond motifs is 3. The summed E-state index contributed by atoms with van der Waals surface area (Å²) in [5.41, 5.74) is 2.40. The van der Waals surface area contributed by atoms with Gasteiger partial charge in [0.05, 0.1) is 0 Å². The van der Waals surface area contributed by atoms with Gasteiger partial charge in [-0.15, -0.1) is 0 Å². The van der Waals surface area contributed by atoms with Gasteiger partial charge in [0.2, 0.25) is 5.91 Å². The summed E-state index contributed by atoms with van der Waals surface area (Å²) in [7, 11) is 1.69. The number of hydrogen-bond acceptors (Lipinski definition) is 5. The van der Waals surface area contributed by atoms with Crippen molar-refractivity contribution in [3.05, 3.63) is 30.6 Å². The number of rotatable bonds is 2. The Balaban J connectivity index is 1.69. The molecule has 4 rings (SSSR count). The maximum Gasteiger partial charge on any atom is 0.222 e. The highest BCUT2D eigenvalue weighted by atomic mass is 16.3. The molecule has 0 saturated carbocycles. The van der Waals surface area contributed by atoms with Crippen LogP contribution in [-0.2, 0) is 4.79 Å². The van der Waals surface area contributed by atoms with Crippen LogP contribution in [0.1, 0.15) is 12.8 Å². The van der Waals surface area contributed by atoms with E-state index in [9.17, 15) is 4.79 Å². The highest BCUT2D eigenvalue weighted by Crippen LogP contribution is 2.33. The summed E-state index contributed by atoms with van der Waals surface area (Å²) in [5, 5.41) is 3.74. The Morgan fingerprint density at radius 3 is 2.83 bits per heavy atom. The number of amides is 1. The first kappa shape index (κ1) is 14.0. The lowest BCUT2D eigenvalue weighted by Gasteiger charge is -2.31. The molecule has 0 atom stereocenters. The maximum absolute atomic E-state index is 11.8. The lowest BCUT2D eigenvalue weighted by molar-refractivity contribution is -0.125. The molecule has 0 bridgehead atoms. The maximum atomic E-state index is 11.8. The second-order valence-electron chi connectivity index (χ2n) is 5.85. The van der Waals surface area contributed by atoms with E-state index in [1.54, 1.807) is 13.4 Å². The predicted octanol–water partition coefficient (Wildman–Crippen LogP) is 2.34. The third kappa shape index (κ3) is 2.30. The van der Waals surface area contributed by atoms with Crippen molar-refractivity contribution < 1.29 is 9.21 Å². The number of hydrogen-bond donors (Lipinski definition) is 1. The SMILES string of the molecule is CNC(=O)C1CCN(c2ncnc3c2oc2ccccc23)CC1. The molecule has 3 aromatic rings. The minimum Gasteiger partial charge on any atom is -0.450 e. The second-order valence-corrected chi connectivity index (χ2v) is 5.85. The normalized spacial score (nSPS) is 16.1. The van der Waals surface area contributed by atoms with Crippen LogP contribution in [0.5, 0.6) is 0 Å². The summed E-state index contributed by atoms with van der Waals surface area (Å²) in [6.45, 7) is 1.59. The molecule has 1 aromatic carbocycles. The van der Waals surface area contributed by atoms with Gasteiger partial charge in [-0.2, -0.15) is 0 Å². The Labute approximate surface area is 133 Å². The fourth-order valence-corrected chi connectivity index (χ4v) is 3.29. The van der Waals surface area contributed by atoms with Crippen molar-refractivity contribution in [1.82, 2.24) is 15.3 Å². The zero-order valence-corrected chi connectivity index (χ0v) is 13.0. The number of piperidine rings is 1. The van der Waals surface area contributed by atoms with Gasteiger partial charge in [-0.1, -0.05) is 12.1 Å². The van der Waals surface area contributed by atoms with Gasteiger partial charge in [0.15, 0.2) is 11.4 Å². The van der Waals surface area contributed by atoms with Crippen molar-refractivity contribution in [2.45, 2.75) is 12.8 Å². The van der Waals surface area contributed by atoms with Crippen LogP contribution in [0.4, 0.5) is 5.82 Å². The van der Waals surface area contributed by atoms with Gasteiger partial charge >= 0.3 is 0 Å². The van der Waals surface area contributed by atoms with Gasteiger partial charge < -0.3 is 14.6 Å². The molecule has 3 heterocycles. The summed E-state index contributed by atoms with van der Waals surface area (Å²) < 4.78 is 5.99. The molecule has 1 saturated heterocycles. The number of carbonyl (C=O) groups is 1. The van der Waals surface area contributed by atoms with Crippen LogP contribution in [0.25, 0.3) is 22.1 Å². The van der Waals surface area contributed by atoms with Crippen molar-refractivity contribution in [3.63, 3.8) is 0 Å². The fraction of sp³-hybridized carbons (Fsp3) is 0.353. The first-order valence-corrected chi connectivity index (χ1v) is 7.86. The number of anilines is 1. The Bertz CT molecular complexity index is 865. The summed E-state index contributed by atoms with van der Waals surface area (Å²) in [6, 6.07) is 7.88. The van der Waals surface area contributed by atoms with Crippen LogP contribution in [0.3, 0.4) is 0 Å². The van der Waals surface area contributed by atoms with Crippen molar-refractivity contribution in [1.29, 1.82) is 0 Å². The molecule has 1 N–H and O–H groups in total. The molecule has 1 amide bonds. The van der Waals surface area contributed by atoms with Crippen LogP contribution in [0.15, 0.2) is 35.0 Å². The largest absolute Gasteiger partial charge is 0.450 e. The third-order valence-electron chi connectivity index (χ3n) is 4.55. The van der Waals surface area contributed by atoms with Gasteiger partial charge in [-0.25, -0.2) is 9.97 Å². The van der Waals surface area contributed by atoms with Crippen LogP contribution in [-0.4, -0.2) is 36.0 Å². The Hall–Kier alpha value is -2.63. The molecule has 1 fully saturated rings. The van der Waals surface area contributed by atoms with Gasteiger partial charge in [0.25, 0.3) is 0 Å². The van der Waals surface area contributed by atoms with E-state index >= 15 is 0 Å². The molecule has 6 nitrogen and oxygen atoms in total. The van der Waals surface area contributed by atoms with E-state index in [0.717, 1.165) is 53.8 Å². The second kappa shape index (κ2) is 5.53. The fourth-order valence-electron chi connectivity index (χ4n) is 3.29. The molecule has 23 heavy (non-hydrogen) atoms. The Morgan fingerprint density at radius 1 is 1.26 bits per heavy atom. The van der Waals surface area contributed by atoms with E-state index in [1.807, 2.05) is 24.3 Å². The number of para-hydroxylation sites is 1. The first-order chi connectivity index (χ1) is 11.3. The summed E-state index contributed by atoms with van der Waals surface area (Å²) in [4.78, 5) is 22.8. The number of carbonyl (C=O) groups excluding carboxylic acids is 1. The summed E-state index contributed by atoms with van der Waals surface area (Å²) in [6.07, 6.45) is 3.24. The van der Waals surface area contributed by atoms with E-state index in [1.165, 1.54) is 0 Å². The highest BCUT2D eigenvalue weighted by molar-refractivity contribution is 6.05. The topological polar surface area (TPSA) is 71.3 Å². The lowest BCUT2D eigenvalue weighted by Crippen LogP contribution is -2.40. The molecule has 1 aliphatic rings. The Kier molecular flexibility index (Phi) is 3.37. The van der Waals surface area contributed by atoms with Gasteiger partial charge in [-0.3, -0.25) is 4.79 Å². The minimum absolute atomic E-state index is 0.0873. The molecular formula is C17H18N4O2. The summed E-state index contributed by atoms with van der Waals surface area (Å²) in [5.74, 6) is 1.03. The van der Waals surface area contributed by atoms with Crippen LogP contribution < -0.4 is 10.2 Å². The van der Waals surface area contributed by atoms with Gasteiger partial charge in [-0.05, 0) is 25.0 Å². The molecular weight excluding hydrogens is 292 g/mol. The quantitative estimate of drug-likeness (QED) is 0.786. The van der Waals surface area contributed by atoms with E-state index in [2.05, 4.69) is 20.2 Å². The van der Waals surface area contributed by atoms with Crippen LogP contribution in [0, 0.1) is 5.92 Å². The molecule has 0 spiro atoms. The van der Waals surface area contributed by atoms with Crippen LogP contribution in [0.2, 0.25) is 0 Å². The zero-order chi connectivity index (χ0) is 15.8. The van der Waals surface area contributed by atoms with Crippen molar-refractivity contribution in [3.8, 4) is 0 Å². The molecule has 1 aliphatic heterocycles. The molecule has 0 aliphatic carbocycles. The number of nitrogens with zero attached hydrogens (tertiary/aromatic N) is 3. The monoisotopic (exact) mass is 310 g/mol. The molecule has 2 aromatic heterocycles. The van der Waals surface area contributed by atoms with Crippen molar-refractivity contribution in [2.24, 2.45) is 5.92 Å². The lowest BCUT2D eigenvalue weighted by atomic mass is 9.96. The average molecular weight is 310 g/mol. The predicted molar refractivity (Wildman–Crippen MR) is 88.3 cm³/mol. The molecule has 118 valence electrons. The van der Waals surface area contributed by atoms with Gasteiger partial charge in [0.1, 0.15) is 17.4 Å². The number of benzene rings is 1. The van der Waals surface area contributed by atoms with E-state index in [-0.39, 0.29) is 11.8 Å². The van der Waals surface area contributed by atoms with Crippen molar-refractivity contribution in [2.75, 3.05) is 25.0 Å². The van der Waals surface area contributed by atoms with E-state index < -0.39 is 0 Å². The molecule has 0 radical (unpaired) electrons. The number of furan rings is 1. The molecule has 6 heteroatoms. The standard InChI is InChI=1S/C17H18N4O2/c1-18-17(22)11-6-8-21(9-7-11)16-15-14(19-10-20-16)12-4-2-3-5-13(12)23-15/h2-5,10-11H,6-9H2,1H3,(H,18,22). The zero-order valence-electron chi connectivity index (χ0n) is 13.0. The average Bonchev–Trinajstić information content (AvgIpc) is 3.00. The van der Waals surface area contributed by atoms with Crippen molar-refractivity contribution >= 4 is 33.8 Å². The Morgan fingerprint density at radius 2 is 2.04 bits per heavy atom. The van der Waals surface area contributed by atoms with E-state index in [0.29, 0.717) is 0 Å². The number of nitrogens with one attached hydrogen (secondary N) is 1. The highest BCUT2D eigenvalue weighted by Gasteiger charge is 2.27. The summed E-state index contributed by atoms with van der Waals surface area (Å²) >= 11 is 0. The van der Waals surface area contributed by atoms with E-state index in [4.69, 9.17) is 4.42 Å². The smallest absolute Gasteiger partial charge is 0.222 e. The minimum atomic E-state index is 0.0873. The third-order valence-corrected chi connectivity index (χ3v) is 4.55. The first-order valence-electron chi connectivity index (χ1n) is 7.86. The molecule has 0 unspecified atom stereocenters. The van der Waals surface area contributed by atoms with Gasteiger partial charge in [0, 0.05) is 31.4 Å². The number of aromatic nitrogens is 2. The van der Waals surface area contributed by atoms with Crippen LogP contribution >= 0.6 is 0 Å².